The van der Waals surface area contributed by atoms with Crippen molar-refractivity contribution in [2.45, 2.75) is 44.9 Å². The summed E-state index contributed by atoms with van der Waals surface area (Å²) in [6.07, 6.45) is 5.59. The van der Waals surface area contributed by atoms with Crippen LogP contribution in [0.2, 0.25) is 0 Å². The van der Waals surface area contributed by atoms with E-state index in [4.69, 9.17) is 5.11 Å². The highest BCUT2D eigenvalue weighted by atomic mass is 16.4. The molecule has 0 fully saturated rings. The molecule has 0 atom stereocenters. The van der Waals surface area contributed by atoms with Gasteiger partial charge < -0.3 is 15.3 Å². The minimum absolute atomic E-state index is 0.0247. The number of benzene rings is 1. The molecule has 0 aliphatic carbocycles. The molecule has 0 aromatic heterocycles. The van der Waals surface area contributed by atoms with Crippen molar-refractivity contribution >= 4 is 5.97 Å². The Morgan fingerprint density at radius 1 is 1.00 bits per heavy atom. The third kappa shape index (κ3) is 5.08. The minimum atomic E-state index is -0.736. The molecule has 0 saturated heterocycles. The van der Waals surface area contributed by atoms with Crippen molar-refractivity contribution < 1.29 is 20.1 Å². The molecule has 1 aromatic carbocycles. The minimum Gasteiger partial charge on any atom is -0.504 e. The fourth-order valence-corrected chi connectivity index (χ4v) is 1.90. The summed E-state index contributed by atoms with van der Waals surface area (Å²) in [5, 5.41) is 27.4. The van der Waals surface area contributed by atoms with E-state index in [-0.39, 0.29) is 17.9 Å². The van der Waals surface area contributed by atoms with Gasteiger partial charge in [0.05, 0.1) is 0 Å². The maximum Gasteiger partial charge on any atom is 0.303 e. The lowest BCUT2D eigenvalue weighted by Crippen LogP contribution is -1.93. The third-order valence-corrected chi connectivity index (χ3v) is 2.94. The average Bonchev–Trinajstić information content (AvgIpc) is 2.32. The van der Waals surface area contributed by atoms with Crippen LogP contribution in [-0.4, -0.2) is 21.3 Å². The second-order valence-electron chi connectivity index (χ2n) is 4.45. The summed E-state index contributed by atoms with van der Waals surface area (Å²) in [4.78, 5) is 10.3. The molecule has 0 radical (unpaired) electrons. The predicted octanol–water partition coefficient (Wildman–Crippen LogP) is 3.07. The molecule has 0 bridgehead atoms. The molecule has 0 saturated carbocycles. The summed E-state index contributed by atoms with van der Waals surface area (Å²) in [6, 6.07) is 4.99. The Hall–Kier alpha value is -1.71. The smallest absolute Gasteiger partial charge is 0.303 e. The van der Waals surface area contributed by atoms with E-state index in [1.807, 2.05) is 0 Å². The van der Waals surface area contributed by atoms with E-state index < -0.39 is 5.97 Å². The maximum atomic E-state index is 10.3. The van der Waals surface area contributed by atoms with E-state index in [2.05, 4.69) is 0 Å². The van der Waals surface area contributed by atoms with Crippen molar-refractivity contribution in [2.75, 3.05) is 0 Å². The summed E-state index contributed by atoms with van der Waals surface area (Å²) in [6.45, 7) is 0. The fourth-order valence-electron chi connectivity index (χ4n) is 1.90. The Balaban J connectivity index is 2.14. The first-order valence-corrected chi connectivity index (χ1v) is 6.33. The van der Waals surface area contributed by atoms with Gasteiger partial charge in [0.25, 0.3) is 0 Å². The highest BCUT2D eigenvalue weighted by Crippen LogP contribution is 2.29. The standard InChI is InChI=1S/C14H20O4/c15-12-9-6-8-11(14(12)18)7-4-2-1-3-5-10-13(16)17/h6,8-9,15,18H,1-5,7,10H2,(H,16,17). The Labute approximate surface area is 107 Å². The number of aryl methyl sites for hydroxylation is 1. The monoisotopic (exact) mass is 252 g/mol. The summed E-state index contributed by atoms with van der Waals surface area (Å²) >= 11 is 0. The Kier molecular flexibility index (Phi) is 6.05. The van der Waals surface area contributed by atoms with Gasteiger partial charge in [0, 0.05) is 6.42 Å². The highest BCUT2D eigenvalue weighted by Gasteiger charge is 2.05. The summed E-state index contributed by atoms with van der Waals surface area (Å²) in [7, 11) is 0. The van der Waals surface area contributed by atoms with Crippen molar-refractivity contribution in [3.8, 4) is 11.5 Å². The van der Waals surface area contributed by atoms with Gasteiger partial charge >= 0.3 is 5.97 Å². The van der Waals surface area contributed by atoms with Crippen molar-refractivity contribution in [3.05, 3.63) is 23.8 Å². The second-order valence-corrected chi connectivity index (χ2v) is 4.45. The number of aliphatic carboxylic acids is 1. The van der Waals surface area contributed by atoms with E-state index in [1.165, 1.54) is 6.07 Å². The van der Waals surface area contributed by atoms with Crippen molar-refractivity contribution in [2.24, 2.45) is 0 Å². The van der Waals surface area contributed by atoms with E-state index in [0.717, 1.165) is 44.1 Å². The number of aromatic hydroxyl groups is 2. The van der Waals surface area contributed by atoms with E-state index in [9.17, 15) is 15.0 Å². The maximum absolute atomic E-state index is 10.3. The molecule has 100 valence electrons. The van der Waals surface area contributed by atoms with Gasteiger partial charge in [0.15, 0.2) is 11.5 Å². The molecule has 4 nitrogen and oxygen atoms in total. The van der Waals surface area contributed by atoms with Crippen LogP contribution >= 0.6 is 0 Å². The summed E-state index contributed by atoms with van der Waals surface area (Å²) < 4.78 is 0. The van der Waals surface area contributed by atoms with Crippen LogP contribution in [0.1, 0.15) is 44.1 Å². The zero-order chi connectivity index (χ0) is 13.4. The zero-order valence-electron chi connectivity index (χ0n) is 10.4. The normalized spacial score (nSPS) is 10.4. The highest BCUT2D eigenvalue weighted by molar-refractivity contribution is 5.66. The van der Waals surface area contributed by atoms with Crippen molar-refractivity contribution in [3.63, 3.8) is 0 Å². The molecular weight excluding hydrogens is 232 g/mol. The van der Waals surface area contributed by atoms with Gasteiger partial charge in [0.1, 0.15) is 0 Å². The lowest BCUT2D eigenvalue weighted by molar-refractivity contribution is -0.137. The zero-order valence-corrected chi connectivity index (χ0v) is 10.4. The number of unbranched alkanes of at least 4 members (excludes halogenated alkanes) is 4. The molecule has 0 amide bonds. The van der Waals surface area contributed by atoms with Crippen LogP contribution in [0.4, 0.5) is 0 Å². The molecule has 3 N–H and O–H groups in total. The van der Waals surface area contributed by atoms with Gasteiger partial charge in [-0.1, -0.05) is 31.4 Å². The number of hydrogen-bond donors (Lipinski definition) is 3. The first-order chi connectivity index (χ1) is 8.61. The number of carboxylic acid groups (broad SMARTS) is 1. The molecular formula is C14H20O4. The van der Waals surface area contributed by atoms with Crippen LogP contribution in [-0.2, 0) is 11.2 Å². The fraction of sp³-hybridized carbons (Fsp3) is 0.500. The van der Waals surface area contributed by atoms with Crippen LogP contribution in [0.25, 0.3) is 0 Å². The van der Waals surface area contributed by atoms with Crippen molar-refractivity contribution in [1.29, 1.82) is 0 Å². The number of phenols is 2. The van der Waals surface area contributed by atoms with E-state index >= 15 is 0 Å². The number of hydrogen-bond acceptors (Lipinski definition) is 3. The molecule has 0 heterocycles. The molecule has 0 spiro atoms. The van der Waals surface area contributed by atoms with Gasteiger partial charge in [0.2, 0.25) is 0 Å². The first-order valence-electron chi connectivity index (χ1n) is 6.33. The largest absolute Gasteiger partial charge is 0.504 e. The molecule has 0 unspecified atom stereocenters. The lowest BCUT2D eigenvalue weighted by atomic mass is 10.0. The Bertz CT molecular complexity index is 387. The van der Waals surface area contributed by atoms with Gasteiger partial charge in [-0.05, 0) is 30.9 Å². The first kappa shape index (κ1) is 14.4. The van der Waals surface area contributed by atoms with Crippen LogP contribution < -0.4 is 0 Å². The second kappa shape index (κ2) is 7.58. The SMILES string of the molecule is O=C(O)CCCCCCCc1cccc(O)c1O. The van der Waals surface area contributed by atoms with Crippen LogP contribution in [0.5, 0.6) is 11.5 Å². The molecule has 1 rings (SSSR count). The summed E-state index contributed by atoms with van der Waals surface area (Å²) in [5.74, 6) is -0.836. The quantitative estimate of drug-likeness (QED) is 0.491. The number of carbonyl (C=O) groups is 1. The molecule has 0 aliphatic heterocycles. The molecule has 4 heteroatoms. The molecule has 0 aliphatic rings. The van der Waals surface area contributed by atoms with Crippen LogP contribution in [0.15, 0.2) is 18.2 Å². The van der Waals surface area contributed by atoms with Gasteiger partial charge in [-0.3, -0.25) is 4.79 Å². The van der Waals surface area contributed by atoms with Crippen molar-refractivity contribution in [1.82, 2.24) is 0 Å². The third-order valence-electron chi connectivity index (χ3n) is 2.94. The number of carboxylic acids is 1. The number of rotatable bonds is 8. The molecule has 1 aromatic rings. The molecule has 18 heavy (non-hydrogen) atoms. The topological polar surface area (TPSA) is 77.8 Å². The van der Waals surface area contributed by atoms with Gasteiger partial charge in [-0.25, -0.2) is 0 Å². The number of para-hydroxylation sites is 1. The van der Waals surface area contributed by atoms with Crippen LogP contribution in [0, 0.1) is 0 Å². The number of phenolic OH excluding ortho intramolecular Hbond substituents is 2. The lowest BCUT2D eigenvalue weighted by Gasteiger charge is -2.05. The summed E-state index contributed by atoms with van der Waals surface area (Å²) in [5.41, 5.74) is 0.764. The Morgan fingerprint density at radius 3 is 2.39 bits per heavy atom. The van der Waals surface area contributed by atoms with Gasteiger partial charge in [-0.15, -0.1) is 0 Å². The van der Waals surface area contributed by atoms with E-state index in [1.54, 1.807) is 12.1 Å². The predicted molar refractivity (Wildman–Crippen MR) is 68.8 cm³/mol. The van der Waals surface area contributed by atoms with Gasteiger partial charge in [-0.2, -0.15) is 0 Å². The van der Waals surface area contributed by atoms with Crippen LogP contribution in [0.3, 0.4) is 0 Å². The Morgan fingerprint density at radius 2 is 1.67 bits per heavy atom. The van der Waals surface area contributed by atoms with E-state index in [0.29, 0.717) is 0 Å². The average molecular weight is 252 g/mol.